The van der Waals surface area contributed by atoms with Gasteiger partial charge in [0.1, 0.15) is 17.7 Å². The number of alkyl carbamates (subject to hydrolysis) is 1. The Morgan fingerprint density at radius 1 is 1.38 bits per heavy atom. The molecule has 3 amide bonds. The van der Waals surface area contributed by atoms with Gasteiger partial charge in [0.2, 0.25) is 11.8 Å². The second-order valence-electron chi connectivity index (χ2n) is 7.14. The summed E-state index contributed by atoms with van der Waals surface area (Å²) < 4.78 is 5.19. The van der Waals surface area contributed by atoms with Crippen LogP contribution >= 0.6 is 0 Å². The number of carbonyl (C=O) groups excluding carboxylic acids is 4. The van der Waals surface area contributed by atoms with Crippen molar-refractivity contribution in [2.24, 2.45) is 11.7 Å². The molecule has 3 atom stereocenters. The summed E-state index contributed by atoms with van der Waals surface area (Å²) in [6, 6.07) is -1.85. The SMILES string of the molecule is CC[C@H](C)[C@H](NC(=O)OC(C)(C)C)C(=O)N1CC(=O)C[C@H]1C(N)=O. The molecule has 0 aromatic carbocycles. The van der Waals surface area contributed by atoms with Crippen LogP contribution in [0, 0.1) is 5.92 Å². The highest BCUT2D eigenvalue weighted by atomic mass is 16.6. The number of amides is 3. The van der Waals surface area contributed by atoms with Crippen molar-refractivity contribution in [1.29, 1.82) is 0 Å². The van der Waals surface area contributed by atoms with E-state index in [2.05, 4.69) is 5.32 Å². The summed E-state index contributed by atoms with van der Waals surface area (Å²) in [4.78, 5) is 49.1. The van der Waals surface area contributed by atoms with Crippen LogP contribution in [0.15, 0.2) is 0 Å². The van der Waals surface area contributed by atoms with Gasteiger partial charge in [-0.2, -0.15) is 0 Å². The van der Waals surface area contributed by atoms with Gasteiger partial charge in [-0.1, -0.05) is 20.3 Å². The van der Waals surface area contributed by atoms with Gasteiger partial charge in [-0.25, -0.2) is 4.79 Å². The molecule has 0 radical (unpaired) electrons. The van der Waals surface area contributed by atoms with Crippen LogP contribution in [0.5, 0.6) is 0 Å². The molecule has 136 valence electrons. The van der Waals surface area contributed by atoms with E-state index in [1.54, 1.807) is 27.7 Å². The summed E-state index contributed by atoms with van der Waals surface area (Å²) in [5, 5.41) is 2.56. The van der Waals surface area contributed by atoms with E-state index in [0.717, 1.165) is 4.90 Å². The van der Waals surface area contributed by atoms with Gasteiger partial charge in [-0.3, -0.25) is 14.4 Å². The third-order valence-electron chi connectivity index (χ3n) is 3.91. The maximum Gasteiger partial charge on any atom is 0.408 e. The Balaban J connectivity index is 2.95. The molecule has 0 unspecified atom stereocenters. The molecule has 1 rings (SSSR count). The number of nitrogens with one attached hydrogen (secondary N) is 1. The van der Waals surface area contributed by atoms with Crippen LogP contribution in [0.3, 0.4) is 0 Å². The molecule has 8 heteroatoms. The van der Waals surface area contributed by atoms with Crippen LogP contribution in [0.25, 0.3) is 0 Å². The lowest BCUT2D eigenvalue weighted by molar-refractivity contribution is -0.140. The predicted molar refractivity (Wildman–Crippen MR) is 86.9 cm³/mol. The van der Waals surface area contributed by atoms with Crippen molar-refractivity contribution in [3.63, 3.8) is 0 Å². The van der Waals surface area contributed by atoms with E-state index in [9.17, 15) is 19.2 Å². The Morgan fingerprint density at radius 2 is 1.96 bits per heavy atom. The molecule has 8 nitrogen and oxygen atoms in total. The second kappa shape index (κ2) is 7.63. The molecular weight excluding hydrogens is 314 g/mol. The van der Waals surface area contributed by atoms with Crippen molar-refractivity contribution < 1.29 is 23.9 Å². The molecule has 1 heterocycles. The number of hydrogen-bond donors (Lipinski definition) is 2. The fourth-order valence-corrected chi connectivity index (χ4v) is 2.47. The van der Waals surface area contributed by atoms with E-state index in [1.807, 2.05) is 6.92 Å². The maximum atomic E-state index is 12.8. The Kier molecular flexibility index (Phi) is 6.34. The lowest BCUT2D eigenvalue weighted by atomic mass is 9.97. The largest absolute Gasteiger partial charge is 0.444 e. The van der Waals surface area contributed by atoms with Crippen LogP contribution in [0.1, 0.15) is 47.5 Å². The number of likely N-dealkylation sites (tertiary alicyclic amines) is 1. The van der Waals surface area contributed by atoms with Gasteiger partial charge in [-0.15, -0.1) is 0 Å². The van der Waals surface area contributed by atoms with Gasteiger partial charge in [0.25, 0.3) is 0 Å². The molecule has 0 aliphatic carbocycles. The maximum absolute atomic E-state index is 12.8. The Labute approximate surface area is 142 Å². The Bertz CT molecular complexity index is 526. The van der Waals surface area contributed by atoms with E-state index < -0.39 is 35.6 Å². The van der Waals surface area contributed by atoms with Crippen LogP contribution in [0.4, 0.5) is 4.79 Å². The van der Waals surface area contributed by atoms with Gasteiger partial charge >= 0.3 is 6.09 Å². The molecule has 1 aliphatic rings. The van der Waals surface area contributed by atoms with Crippen LogP contribution in [-0.4, -0.2) is 52.8 Å². The molecule has 0 spiro atoms. The molecule has 24 heavy (non-hydrogen) atoms. The van der Waals surface area contributed by atoms with Crippen molar-refractivity contribution in [3.8, 4) is 0 Å². The van der Waals surface area contributed by atoms with Gasteiger partial charge in [0.15, 0.2) is 5.78 Å². The first kappa shape index (κ1) is 19.9. The number of nitrogens with two attached hydrogens (primary N) is 1. The standard InChI is InChI=1S/C16H27N3O5/c1-6-9(2)12(18-15(23)24-16(3,4)5)14(22)19-8-10(20)7-11(19)13(17)21/h9,11-12H,6-8H2,1-5H3,(H2,17,21)(H,18,23)/t9-,11-,12-/m0/s1. The van der Waals surface area contributed by atoms with E-state index in [-0.39, 0.29) is 24.7 Å². The zero-order chi connectivity index (χ0) is 18.7. The minimum absolute atomic E-state index is 0.0826. The number of hydrogen-bond acceptors (Lipinski definition) is 5. The summed E-state index contributed by atoms with van der Waals surface area (Å²) in [7, 11) is 0. The molecule has 1 saturated heterocycles. The van der Waals surface area contributed by atoms with E-state index >= 15 is 0 Å². The van der Waals surface area contributed by atoms with E-state index in [4.69, 9.17) is 10.5 Å². The molecule has 0 saturated carbocycles. The number of primary amides is 1. The van der Waals surface area contributed by atoms with Crippen molar-refractivity contribution in [1.82, 2.24) is 10.2 Å². The summed E-state index contributed by atoms with van der Waals surface area (Å²) in [6.07, 6.45) is -0.182. The highest BCUT2D eigenvalue weighted by Crippen LogP contribution is 2.19. The molecule has 1 aliphatic heterocycles. The average Bonchev–Trinajstić information content (AvgIpc) is 2.83. The fourth-order valence-electron chi connectivity index (χ4n) is 2.47. The first-order valence-electron chi connectivity index (χ1n) is 8.07. The zero-order valence-electron chi connectivity index (χ0n) is 14.9. The first-order chi connectivity index (χ1) is 11.0. The highest BCUT2D eigenvalue weighted by molar-refractivity contribution is 6.00. The summed E-state index contributed by atoms with van der Waals surface area (Å²) in [6.45, 7) is 8.66. The molecule has 0 aromatic rings. The second-order valence-corrected chi connectivity index (χ2v) is 7.14. The lowest BCUT2D eigenvalue weighted by Crippen LogP contribution is -2.55. The number of carbonyl (C=O) groups is 4. The molecule has 0 bridgehead atoms. The molecule has 1 fully saturated rings. The predicted octanol–water partition coefficient (Wildman–Crippen LogP) is 0.581. The van der Waals surface area contributed by atoms with Crippen molar-refractivity contribution in [2.75, 3.05) is 6.54 Å². The van der Waals surface area contributed by atoms with E-state index in [1.165, 1.54) is 0 Å². The number of rotatable bonds is 5. The summed E-state index contributed by atoms with van der Waals surface area (Å²) in [5.41, 5.74) is 4.58. The normalized spacial score (nSPS) is 20.5. The summed E-state index contributed by atoms with van der Waals surface area (Å²) in [5.74, 6) is -1.65. The smallest absolute Gasteiger partial charge is 0.408 e. The minimum atomic E-state index is -0.961. The first-order valence-corrected chi connectivity index (χ1v) is 8.07. The van der Waals surface area contributed by atoms with Crippen molar-refractivity contribution in [2.45, 2.75) is 65.1 Å². The number of Topliss-reactive ketones (excluding diaryl/α,β-unsaturated/α-hetero) is 1. The fraction of sp³-hybridized carbons (Fsp3) is 0.750. The van der Waals surface area contributed by atoms with Crippen molar-refractivity contribution >= 4 is 23.7 Å². The third kappa shape index (κ3) is 5.21. The quantitative estimate of drug-likeness (QED) is 0.758. The van der Waals surface area contributed by atoms with Crippen LogP contribution in [0.2, 0.25) is 0 Å². The molecule has 3 N–H and O–H groups in total. The Morgan fingerprint density at radius 3 is 2.42 bits per heavy atom. The van der Waals surface area contributed by atoms with Gasteiger partial charge in [-0.05, 0) is 26.7 Å². The molecular formula is C16H27N3O5. The monoisotopic (exact) mass is 341 g/mol. The average molecular weight is 341 g/mol. The Hall–Kier alpha value is -2.12. The lowest BCUT2D eigenvalue weighted by Gasteiger charge is -2.31. The van der Waals surface area contributed by atoms with E-state index in [0.29, 0.717) is 6.42 Å². The van der Waals surface area contributed by atoms with Gasteiger partial charge < -0.3 is 20.7 Å². The highest BCUT2D eigenvalue weighted by Gasteiger charge is 2.41. The van der Waals surface area contributed by atoms with Gasteiger partial charge in [0, 0.05) is 6.42 Å². The molecule has 0 aromatic heterocycles. The number of ketones is 1. The van der Waals surface area contributed by atoms with Crippen molar-refractivity contribution in [3.05, 3.63) is 0 Å². The zero-order valence-corrected chi connectivity index (χ0v) is 14.9. The number of ether oxygens (including phenoxy) is 1. The van der Waals surface area contributed by atoms with Crippen LogP contribution < -0.4 is 11.1 Å². The third-order valence-corrected chi connectivity index (χ3v) is 3.91. The van der Waals surface area contributed by atoms with Crippen LogP contribution in [-0.2, 0) is 19.1 Å². The van der Waals surface area contributed by atoms with Gasteiger partial charge in [0.05, 0.1) is 6.54 Å². The topological polar surface area (TPSA) is 119 Å². The summed E-state index contributed by atoms with van der Waals surface area (Å²) >= 11 is 0. The minimum Gasteiger partial charge on any atom is -0.444 e. The number of nitrogens with zero attached hydrogens (tertiary/aromatic N) is 1.